The van der Waals surface area contributed by atoms with Crippen molar-refractivity contribution in [2.45, 2.75) is 18.9 Å². The smallest absolute Gasteiger partial charge is 0.220 e. The number of benzene rings is 1. The molecule has 0 saturated carbocycles. The summed E-state index contributed by atoms with van der Waals surface area (Å²) in [5, 5.41) is 3.70. The molecule has 0 bridgehead atoms. The normalized spacial score (nSPS) is 19.5. The molecule has 1 aliphatic rings. The first-order chi connectivity index (χ1) is 8.24. The Hall–Kier alpha value is -2.10. The van der Waals surface area contributed by atoms with Crippen molar-refractivity contribution in [2.24, 2.45) is 0 Å². The van der Waals surface area contributed by atoms with Gasteiger partial charge in [0.05, 0.1) is 11.7 Å². The highest BCUT2D eigenvalue weighted by Crippen LogP contribution is 2.18. The highest BCUT2D eigenvalue weighted by Gasteiger charge is 2.28. The van der Waals surface area contributed by atoms with Gasteiger partial charge < -0.3 is 10.3 Å². The monoisotopic (exact) mass is 228 g/mol. The summed E-state index contributed by atoms with van der Waals surface area (Å²) in [6.45, 7) is 0. The first-order valence-electron chi connectivity index (χ1n) is 5.65. The van der Waals surface area contributed by atoms with Crippen molar-refractivity contribution in [2.75, 3.05) is 0 Å². The number of H-pyrrole nitrogens is 1. The summed E-state index contributed by atoms with van der Waals surface area (Å²) in [5.74, 6) is -0.0773. The van der Waals surface area contributed by atoms with E-state index in [2.05, 4.69) is 10.3 Å². The summed E-state index contributed by atoms with van der Waals surface area (Å²) >= 11 is 0. The number of ketones is 1. The van der Waals surface area contributed by atoms with Crippen molar-refractivity contribution in [3.05, 3.63) is 36.0 Å². The number of aromatic nitrogens is 1. The first kappa shape index (κ1) is 10.1. The number of carbonyl (C=O) groups is 2. The van der Waals surface area contributed by atoms with Crippen molar-refractivity contribution in [3.63, 3.8) is 0 Å². The lowest BCUT2D eigenvalue weighted by molar-refractivity contribution is -0.119. The summed E-state index contributed by atoms with van der Waals surface area (Å²) in [6, 6.07) is 9.21. The van der Waals surface area contributed by atoms with Crippen molar-refractivity contribution in [1.82, 2.24) is 10.3 Å². The van der Waals surface area contributed by atoms with E-state index >= 15 is 0 Å². The fraction of sp³-hybridized carbons (Fsp3) is 0.231. The average Bonchev–Trinajstić information content (AvgIpc) is 2.93. The topological polar surface area (TPSA) is 62.0 Å². The zero-order valence-electron chi connectivity index (χ0n) is 9.19. The van der Waals surface area contributed by atoms with Crippen LogP contribution in [0.4, 0.5) is 0 Å². The van der Waals surface area contributed by atoms with Crippen LogP contribution in [0.1, 0.15) is 23.3 Å². The number of rotatable bonds is 2. The molecule has 1 aromatic heterocycles. The minimum atomic E-state index is -0.365. The molecule has 2 heterocycles. The van der Waals surface area contributed by atoms with E-state index in [-0.39, 0.29) is 17.7 Å². The van der Waals surface area contributed by atoms with Crippen LogP contribution < -0.4 is 5.32 Å². The Kier molecular flexibility index (Phi) is 2.21. The SMILES string of the molecule is O=C1CC[C@@H](C(=O)c2cc3ccccc3[nH]2)N1. The molecule has 3 rings (SSSR count). The van der Waals surface area contributed by atoms with E-state index in [1.807, 2.05) is 30.3 Å². The summed E-state index contributed by atoms with van der Waals surface area (Å²) < 4.78 is 0. The Balaban J connectivity index is 1.93. The van der Waals surface area contributed by atoms with Gasteiger partial charge in [-0.15, -0.1) is 0 Å². The van der Waals surface area contributed by atoms with E-state index in [0.717, 1.165) is 10.9 Å². The molecule has 0 aliphatic carbocycles. The Morgan fingerprint density at radius 1 is 1.29 bits per heavy atom. The van der Waals surface area contributed by atoms with Gasteiger partial charge >= 0.3 is 0 Å². The van der Waals surface area contributed by atoms with Gasteiger partial charge in [-0.2, -0.15) is 0 Å². The maximum absolute atomic E-state index is 12.1. The molecule has 0 radical (unpaired) electrons. The molecule has 86 valence electrons. The number of aromatic amines is 1. The van der Waals surface area contributed by atoms with E-state index in [1.165, 1.54) is 0 Å². The molecule has 1 aromatic carbocycles. The largest absolute Gasteiger partial charge is 0.352 e. The zero-order valence-corrected chi connectivity index (χ0v) is 9.19. The lowest BCUT2D eigenvalue weighted by Crippen LogP contribution is -2.33. The van der Waals surface area contributed by atoms with Gasteiger partial charge in [-0.05, 0) is 18.6 Å². The van der Waals surface area contributed by atoms with Crippen LogP contribution in [-0.4, -0.2) is 22.7 Å². The molecule has 2 aromatic rings. The van der Waals surface area contributed by atoms with Crippen molar-refractivity contribution in [1.29, 1.82) is 0 Å². The molecule has 1 fully saturated rings. The van der Waals surface area contributed by atoms with Gasteiger partial charge in [0.1, 0.15) is 0 Å². The third-order valence-electron chi connectivity index (χ3n) is 3.11. The molecule has 17 heavy (non-hydrogen) atoms. The number of hydrogen-bond acceptors (Lipinski definition) is 2. The van der Waals surface area contributed by atoms with Crippen LogP contribution in [0, 0.1) is 0 Å². The van der Waals surface area contributed by atoms with Crippen molar-refractivity contribution >= 4 is 22.6 Å². The standard InChI is InChI=1S/C13H12N2O2/c16-12-6-5-10(15-12)13(17)11-7-8-3-1-2-4-9(8)14-11/h1-4,7,10,14H,5-6H2,(H,15,16)/t10-/m0/s1. The highest BCUT2D eigenvalue weighted by molar-refractivity contribution is 6.05. The molecule has 1 saturated heterocycles. The number of carbonyl (C=O) groups excluding carboxylic acids is 2. The quantitative estimate of drug-likeness (QED) is 0.767. The van der Waals surface area contributed by atoms with Gasteiger partial charge in [0.15, 0.2) is 0 Å². The van der Waals surface area contributed by atoms with Crippen LogP contribution in [-0.2, 0) is 4.79 Å². The van der Waals surface area contributed by atoms with E-state index in [9.17, 15) is 9.59 Å². The lowest BCUT2D eigenvalue weighted by Gasteiger charge is -2.06. The molecule has 1 amide bonds. The Bertz CT molecular complexity index is 567. The Morgan fingerprint density at radius 3 is 2.82 bits per heavy atom. The van der Waals surface area contributed by atoms with E-state index in [1.54, 1.807) is 0 Å². The summed E-state index contributed by atoms with van der Waals surface area (Å²) in [7, 11) is 0. The molecule has 1 atom stereocenters. The maximum atomic E-state index is 12.1. The van der Waals surface area contributed by atoms with Gasteiger partial charge in [0.25, 0.3) is 0 Å². The summed E-state index contributed by atoms with van der Waals surface area (Å²) in [5.41, 5.74) is 1.51. The van der Waals surface area contributed by atoms with Crippen LogP contribution in [0.3, 0.4) is 0 Å². The second-order valence-corrected chi connectivity index (χ2v) is 4.29. The van der Waals surface area contributed by atoms with Crippen LogP contribution in [0.25, 0.3) is 10.9 Å². The molecule has 0 unspecified atom stereocenters. The van der Waals surface area contributed by atoms with Gasteiger partial charge in [-0.1, -0.05) is 18.2 Å². The van der Waals surface area contributed by atoms with Gasteiger partial charge in [-0.3, -0.25) is 9.59 Å². The van der Waals surface area contributed by atoms with E-state index < -0.39 is 0 Å². The summed E-state index contributed by atoms with van der Waals surface area (Å²) in [4.78, 5) is 26.3. The van der Waals surface area contributed by atoms with Crippen molar-refractivity contribution in [3.8, 4) is 0 Å². The van der Waals surface area contributed by atoms with Gasteiger partial charge in [0, 0.05) is 17.3 Å². The lowest BCUT2D eigenvalue weighted by atomic mass is 10.1. The van der Waals surface area contributed by atoms with Gasteiger partial charge in [-0.25, -0.2) is 0 Å². The molecule has 4 heteroatoms. The molecule has 0 spiro atoms. The van der Waals surface area contributed by atoms with Crippen LogP contribution in [0.5, 0.6) is 0 Å². The number of para-hydroxylation sites is 1. The van der Waals surface area contributed by atoms with E-state index in [0.29, 0.717) is 18.5 Å². The molecule has 2 N–H and O–H groups in total. The first-order valence-corrected chi connectivity index (χ1v) is 5.65. The van der Waals surface area contributed by atoms with Crippen molar-refractivity contribution < 1.29 is 9.59 Å². The van der Waals surface area contributed by atoms with Crippen LogP contribution in [0.15, 0.2) is 30.3 Å². The predicted molar refractivity (Wildman–Crippen MR) is 63.8 cm³/mol. The minimum Gasteiger partial charge on any atom is -0.352 e. The fourth-order valence-corrected chi connectivity index (χ4v) is 2.20. The number of hydrogen-bond donors (Lipinski definition) is 2. The molecular formula is C13H12N2O2. The van der Waals surface area contributed by atoms with Crippen LogP contribution >= 0.6 is 0 Å². The van der Waals surface area contributed by atoms with E-state index in [4.69, 9.17) is 0 Å². The highest BCUT2D eigenvalue weighted by atomic mass is 16.2. The second kappa shape index (κ2) is 3.73. The zero-order chi connectivity index (χ0) is 11.8. The fourth-order valence-electron chi connectivity index (χ4n) is 2.20. The Morgan fingerprint density at radius 2 is 2.12 bits per heavy atom. The second-order valence-electron chi connectivity index (χ2n) is 4.29. The number of nitrogens with one attached hydrogen (secondary N) is 2. The number of Topliss-reactive ketones (excluding diaryl/α,β-unsaturated/α-hetero) is 1. The number of amides is 1. The van der Waals surface area contributed by atoms with Gasteiger partial charge in [0.2, 0.25) is 11.7 Å². The molecule has 1 aliphatic heterocycles. The Labute approximate surface area is 98.0 Å². The summed E-state index contributed by atoms with van der Waals surface area (Å²) in [6.07, 6.45) is 1.03. The maximum Gasteiger partial charge on any atom is 0.220 e. The molecule has 4 nitrogen and oxygen atoms in total. The number of fused-ring (bicyclic) bond motifs is 1. The third kappa shape index (κ3) is 1.71. The average molecular weight is 228 g/mol. The van der Waals surface area contributed by atoms with Crippen LogP contribution in [0.2, 0.25) is 0 Å². The minimum absolute atomic E-state index is 0.0351. The molecular weight excluding hydrogens is 216 g/mol. The third-order valence-corrected chi connectivity index (χ3v) is 3.11. The predicted octanol–water partition coefficient (Wildman–Crippen LogP) is 1.63.